The number of carboxylic acid groups (broad SMARTS) is 1. The Labute approximate surface area is 114 Å². The molecule has 0 amide bonds. The van der Waals surface area contributed by atoms with Crippen LogP contribution in [0.4, 0.5) is 11.5 Å². The van der Waals surface area contributed by atoms with Crippen LogP contribution < -0.4 is 4.90 Å². The molecule has 0 spiro atoms. The van der Waals surface area contributed by atoms with Gasteiger partial charge in [0, 0.05) is 12.6 Å². The zero-order chi connectivity index (χ0) is 14.0. The van der Waals surface area contributed by atoms with E-state index in [1.54, 1.807) is 4.90 Å². The number of hydrogen-bond donors (Lipinski definition) is 1. The number of anilines is 1. The van der Waals surface area contributed by atoms with Crippen molar-refractivity contribution >= 4 is 29.1 Å². The Hall–Kier alpha value is -1.89. The predicted molar refractivity (Wildman–Crippen MR) is 68.5 cm³/mol. The fourth-order valence-corrected chi connectivity index (χ4v) is 2.03. The molecule has 1 aliphatic rings. The zero-order valence-electron chi connectivity index (χ0n) is 9.95. The number of hydrogen-bond acceptors (Lipinski definition) is 5. The minimum absolute atomic E-state index is 0.0936. The lowest BCUT2D eigenvalue weighted by atomic mass is 10.3. The second-order valence-corrected chi connectivity index (χ2v) is 4.88. The van der Waals surface area contributed by atoms with E-state index in [0.29, 0.717) is 12.5 Å². The van der Waals surface area contributed by atoms with Crippen LogP contribution in [0.25, 0.3) is 0 Å². The van der Waals surface area contributed by atoms with Crippen molar-refractivity contribution in [3.63, 3.8) is 0 Å². The second-order valence-electron chi connectivity index (χ2n) is 4.47. The average molecular weight is 286 g/mol. The molecule has 1 aromatic rings. The summed E-state index contributed by atoms with van der Waals surface area (Å²) in [6.07, 6.45) is 3.20. The van der Waals surface area contributed by atoms with Gasteiger partial charge in [0.2, 0.25) is 0 Å². The molecule has 1 fully saturated rings. The average Bonchev–Trinajstić information content (AvgIpc) is 3.11. The molecule has 0 aromatic carbocycles. The fraction of sp³-hybridized carbons (Fsp3) is 0.455. The monoisotopic (exact) mass is 285 g/mol. The largest absolute Gasteiger partial charge is 0.480 e. The van der Waals surface area contributed by atoms with Crippen LogP contribution in [0.1, 0.15) is 12.8 Å². The van der Waals surface area contributed by atoms with Crippen LogP contribution >= 0.6 is 11.6 Å². The summed E-state index contributed by atoms with van der Waals surface area (Å²) in [4.78, 5) is 26.3. The van der Waals surface area contributed by atoms with Crippen LogP contribution in [0.3, 0.4) is 0 Å². The highest BCUT2D eigenvalue weighted by Crippen LogP contribution is 2.33. The van der Waals surface area contributed by atoms with Gasteiger partial charge < -0.3 is 10.0 Å². The quantitative estimate of drug-likeness (QED) is 0.634. The van der Waals surface area contributed by atoms with Gasteiger partial charge in [0.05, 0.1) is 9.95 Å². The van der Waals surface area contributed by atoms with Gasteiger partial charge in [0.15, 0.2) is 0 Å². The Morgan fingerprint density at radius 1 is 1.63 bits per heavy atom. The lowest BCUT2D eigenvalue weighted by molar-refractivity contribution is -0.385. The first-order chi connectivity index (χ1) is 8.97. The predicted octanol–water partition coefficient (Wildman–Crippen LogP) is 1.94. The maximum atomic E-state index is 10.9. The van der Waals surface area contributed by atoms with E-state index >= 15 is 0 Å². The molecule has 2 rings (SSSR count). The molecular formula is C11H12ClN3O4. The highest BCUT2D eigenvalue weighted by atomic mass is 35.5. The molecule has 102 valence electrons. The van der Waals surface area contributed by atoms with Crippen molar-refractivity contribution in [3.8, 4) is 0 Å². The molecular weight excluding hydrogens is 274 g/mol. The summed E-state index contributed by atoms with van der Waals surface area (Å²) in [7, 11) is 0. The van der Waals surface area contributed by atoms with E-state index < -0.39 is 10.9 Å². The standard InChI is InChI=1S/C11H12ClN3O4/c12-9-3-8(15(18)19)4-13-11(9)14(6-10(16)17)5-7-1-2-7/h3-4,7H,1-2,5-6H2,(H,16,17). The molecule has 8 heteroatoms. The van der Waals surface area contributed by atoms with Crippen LogP contribution in [0.15, 0.2) is 12.3 Å². The minimum atomic E-state index is -0.989. The van der Waals surface area contributed by atoms with Crippen molar-refractivity contribution in [2.75, 3.05) is 18.0 Å². The van der Waals surface area contributed by atoms with E-state index in [1.165, 1.54) is 6.07 Å². The summed E-state index contributed by atoms with van der Waals surface area (Å²) < 4.78 is 0. The van der Waals surface area contributed by atoms with Gasteiger partial charge in [-0.05, 0) is 18.8 Å². The summed E-state index contributed by atoms with van der Waals surface area (Å²) in [5.41, 5.74) is -0.213. The van der Waals surface area contributed by atoms with E-state index in [2.05, 4.69) is 4.98 Å². The van der Waals surface area contributed by atoms with Crippen LogP contribution in [-0.4, -0.2) is 34.1 Å². The van der Waals surface area contributed by atoms with Crippen LogP contribution in [0.5, 0.6) is 0 Å². The first-order valence-electron chi connectivity index (χ1n) is 5.74. The van der Waals surface area contributed by atoms with Crippen molar-refractivity contribution in [2.24, 2.45) is 5.92 Å². The van der Waals surface area contributed by atoms with Gasteiger partial charge in [-0.3, -0.25) is 14.9 Å². The maximum absolute atomic E-state index is 10.9. The number of nitrogens with zero attached hydrogens (tertiary/aromatic N) is 3. The lowest BCUT2D eigenvalue weighted by Gasteiger charge is -2.22. The Morgan fingerprint density at radius 2 is 2.32 bits per heavy atom. The SMILES string of the molecule is O=C(O)CN(CC1CC1)c1ncc([N+](=O)[O-])cc1Cl. The molecule has 0 radical (unpaired) electrons. The van der Waals surface area contributed by atoms with Gasteiger partial charge in [-0.25, -0.2) is 4.98 Å². The third-order valence-corrected chi connectivity index (χ3v) is 3.10. The smallest absolute Gasteiger partial charge is 0.323 e. The highest BCUT2D eigenvalue weighted by Gasteiger charge is 2.27. The Kier molecular flexibility index (Phi) is 3.84. The first kappa shape index (κ1) is 13.5. The number of carbonyl (C=O) groups is 1. The summed E-state index contributed by atoms with van der Waals surface area (Å²) in [5, 5.41) is 19.6. The second kappa shape index (κ2) is 5.40. The Morgan fingerprint density at radius 3 is 2.79 bits per heavy atom. The zero-order valence-corrected chi connectivity index (χ0v) is 10.7. The van der Waals surface area contributed by atoms with Crippen molar-refractivity contribution in [1.82, 2.24) is 4.98 Å². The number of rotatable bonds is 6. The Bertz CT molecular complexity index is 519. The third-order valence-electron chi connectivity index (χ3n) is 2.82. The van der Waals surface area contributed by atoms with Gasteiger partial charge in [-0.2, -0.15) is 0 Å². The van der Waals surface area contributed by atoms with Crippen LogP contribution in [-0.2, 0) is 4.79 Å². The van der Waals surface area contributed by atoms with Gasteiger partial charge >= 0.3 is 5.97 Å². The van der Waals surface area contributed by atoms with E-state index in [0.717, 1.165) is 19.0 Å². The van der Waals surface area contributed by atoms with Crippen molar-refractivity contribution in [2.45, 2.75) is 12.8 Å². The maximum Gasteiger partial charge on any atom is 0.323 e. The van der Waals surface area contributed by atoms with Crippen molar-refractivity contribution in [1.29, 1.82) is 0 Å². The highest BCUT2D eigenvalue weighted by molar-refractivity contribution is 6.33. The van der Waals surface area contributed by atoms with Crippen molar-refractivity contribution < 1.29 is 14.8 Å². The van der Waals surface area contributed by atoms with Gasteiger partial charge in [-0.1, -0.05) is 11.6 Å². The van der Waals surface area contributed by atoms with Gasteiger partial charge in [0.25, 0.3) is 5.69 Å². The summed E-state index contributed by atoms with van der Waals surface area (Å²) in [5.74, 6) is -0.258. The minimum Gasteiger partial charge on any atom is -0.480 e. The van der Waals surface area contributed by atoms with E-state index in [4.69, 9.17) is 16.7 Å². The molecule has 0 saturated heterocycles. The normalized spacial score (nSPS) is 14.2. The summed E-state index contributed by atoms with van der Waals surface area (Å²) >= 11 is 5.95. The molecule has 0 unspecified atom stereocenters. The van der Waals surface area contributed by atoms with E-state index in [-0.39, 0.29) is 23.1 Å². The molecule has 1 saturated carbocycles. The number of aromatic nitrogens is 1. The van der Waals surface area contributed by atoms with Gasteiger partial charge in [0.1, 0.15) is 18.6 Å². The van der Waals surface area contributed by atoms with Crippen molar-refractivity contribution in [3.05, 3.63) is 27.4 Å². The topological polar surface area (TPSA) is 96.6 Å². The molecule has 0 atom stereocenters. The number of pyridine rings is 1. The molecule has 1 aromatic heterocycles. The third kappa shape index (κ3) is 3.54. The summed E-state index contributed by atoms with van der Waals surface area (Å²) in [6.45, 7) is 0.331. The van der Waals surface area contributed by atoms with Crippen LogP contribution in [0, 0.1) is 16.0 Å². The van der Waals surface area contributed by atoms with Crippen LogP contribution in [0.2, 0.25) is 5.02 Å². The molecule has 19 heavy (non-hydrogen) atoms. The first-order valence-corrected chi connectivity index (χ1v) is 6.12. The molecule has 1 heterocycles. The molecule has 7 nitrogen and oxygen atoms in total. The lowest BCUT2D eigenvalue weighted by Crippen LogP contribution is -2.32. The Balaban J connectivity index is 2.24. The van der Waals surface area contributed by atoms with E-state index in [9.17, 15) is 14.9 Å². The fourth-order valence-electron chi connectivity index (χ4n) is 1.75. The molecule has 1 N–H and O–H groups in total. The summed E-state index contributed by atoms with van der Waals surface area (Å²) in [6, 6.07) is 1.19. The van der Waals surface area contributed by atoms with Gasteiger partial charge in [-0.15, -0.1) is 0 Å². The molecule has 0 bridgehead atoms. The number of halogens is 1. The molecule has 1 aliphatic carbocycles. The molecule has 0 aliphatic heterocycles. The number of aliphatic carboxylic acids is 1. The number of nitro groups is 1. The van der Waals surface area contributed by atoms with E-state index in [1.807, 2.05) is 0 Å². The number of carboxylic acids is 1.